The molecule has 1 aromatic heterocycles. The van der Waals surface area contributed by atoms with E-state index in [4.69, 9.17) is 21.4 Å². The number of halogens is 1. The lowest BCUT2D eigenvalue weighted by molar-refractivity contribution is -0.136. The van der Waals surface area contributed by atoms with E-state index in [-0.39, 0.29) is 6.42 Å². The van der Waals surface area contributed by atoms with Crippen molar-refractivity contribution >= 4 is 34.0 Å². The van der Waals surface area contributed by atoms with E-state index in [1.807, 2.05) is 49.1 Å². The number of carboxylic acid groups (broad SMARTS) is 1. The molecule has 8 nitrogen and oxygen atoms in total. The van der Waals surface area contributed by atoms with E-state index in [9.17, 15) is 9.90 Å². The second-order valence-corrected chi connectivity index (χ2v) is 9.88. The number of anilines is 1. The number of benzene rings is 2. The molecule has 0 amide bonds. The van der Waals surface area contributed by atoms with Crippen LogP contribution in [0.25, 0.3) is 10.6 Å². The second-order valence-electron chi connectivity index (χ2n) is 8.51. The maximum Gasteiger partial charge on any atom is 0.304 e. The topological polar surface area (TPSA) is 108 Å². The molecule has 3 N–H and O–H groups in total. The van der Waals surface area contributed by atoms with Gasteiger partial charge in [-0.2, -0.15) is 0 Å². The molecule has 1 atom stereocenters. The zero-order valence-electron chi connectivity index (χ0n) is 20.8. The Morgan fingerprint density at radius 1 is 1.19 bits per heavy atom. The van der Waals surface area contributed by atoms with Crippen LogP contribution in [0.15, 0.2) is 36.4 Å². The summed E-state index contributed by atoms with van der Waals surface area (Å²) in [6, 6.07) is 11.3. The van der Waals surface area contributed by atoms with Crippen LogP contribution in [0.2, 0.25) is 5.02 Å². The lowest BCUT2D eigenvalue weighted by atomic mass is 10.1. The van der Waals surface area contributed by atoms with Crippen molar-refractivity contribution in [3.8, 4) is 16.3 Å². The van der Waals surface area contributed by atoms with Gasteiger partial charge < -0.3 is 25.2 Å². The van der Waals surface area contributed by atoms with E-state index < -0.39 is 12.2 Å². The van der Waals surface area contributed by atoms with Gasteiger partial charge in [-0.1, -0.05) is 54.5 Å². The number of carbonyl (C=O) groups is 1. The standard InChI is InChI=1S/C26H33ClN4O4S/c1-4-5-13-31(25(34)20-8-6-7-9-21(20)27)26-30-29-24(36-26)19-15-17(2)23(18(3)16-19)35-14-12-28-11-10-22(32)33/h6-9,15-16,25,28,34H,4-5,10-14H2,1-3H3,(H,32,33). The summed E-state index contributed by atoms with van der Waals surface area (Å²) in [4.78, 5) is 12.4. The fraction of sp³-hybridized carbons (Fsp3) is 0.423. The number of ether oxygens (including phenoxy) is 1. The second kappa shape index (κ2) is 13.5. The van der Waals surface area contributed by atoms with Crippen LogP contribution in [0.5, 0.6) is 5.75 Å². The Kier molecular flexibility index (Phi) is 10.5. The minimum atomic E-state index is -0.922. The third kappa shape index (κ3) is 7.39. The Labute approximate surface area is 220 Å². The van der Waals surface area contributed by atoms with Crippen LogP contribution in [0.1, 0.15) is 49.1 Å². The van der Waals surface area contributed by atoms with E-state index in [0.29, 0.717) is 42.0 Å². The minimum Gasteiger partial charge on any atom is -0.492 e. The Hall–Kier alpha value is -2.72. The summed E-state index contributed by atoms with van der Waals surface area (Å²) < 4.78 is 5.95. The summed E-state index contributed by atoms with van der Waals surface area (Å²) in [5.41, 5.74) is 3.53. The molecular formula is C26H33ClN4O4S. The largest absolute Gasteiger partial charge is 0.492 e. The number of unbranched alkanes of at least 4 members (excludes halogenated alkanes) is 1. The van der Waals surface area contributed by atoms with E-state index in [2.05, 4.69) is 22.4 Å². The fourth-order valence-corrected chi connectivity index (χ4v) is 4.91. The molecule has 0 fully saturated rings. The van der Waals surface area contributed by atoms with Gasteiger partial charge in [-0.15, -0.1) is 10.2 Å². The van der Waals surface area contributed by atoms with Crippen LogP contribution in [-0.4, -0.2) is 52.6 Å². The SMILES string of the molecule is CCCCN(c1nnc(-c2cc(C)c(OCCNCCC(=O)O)c(C)c2)s1)C(O)c1ccccc1Cl. The van der Waals surface area contributed by atoms with Crippen LogP contribution in [0.3, 0.4) is 0 Å². The summed E-state index contributed by atoms with van der Waals surface area (Å²) in [5.74, 6) is -0.0142. The Bertz CT molecular complexity index is 1130. The molecular weight excluding hydrogens is 500 g/mol. The van der Waals surface area contributed by atoms with Gasteiger partial charge in [0.15, 0.2) is 6.23 Å². The Morgan fingerprint density at radius 2 is 1.92 bits per heavy atom. The van der Waals surface area contributed by atoms with Gasteiger partial charge in [0.2, 0.25) is 5.13 Å². The highest BCUT2D eigenvalue weighted by atomic mass is 35.5. The molecule has 1 heterocycles. The van der Waals surface area contributed by atoms with E-state index >= 15 is 0 Å². The van der Waals surface area contributed by atoms with Crippen LogP contribution < -0.4 is 15.0 Å². The van der Waals surface area contributed by atoms with Gasteiger partial charge >= 0.3 is 5.97 Å². The molecule has 3 aromatic rings. The smallest absolute Gasteiger partial charge is 0.304 e. The van der Waals surface area contributed by atoms with Crippen LogP contribution in [-0.2, 0) is 4.79 Å². The first-order valence-corrected chi connectivity index (χ1v) is 13.2. The van der Waals surface area contributed by atoms with Crippen LogP contribution in [0.4, 0.5) is 5.13 Å². The number of nitrogens with one attached hydrogen (secondary N) is 1. The Morgan fingerprint density at radius 3 is 2.58 bits per heavy atom. The zero-order valence-corrected chi connectivity index (χ0v) is 22.4. The first-order valence-electron chi connectivity index (χ1n) is 12.0. The maximum absolute atomic E-state index is 11.1. The number of aryl methyl sites for hydroxylation is 2. The summed E-state index contributed by atoms with van der Waals surface area (Å²) in [7, 11) is 0. The number of carboxylic acids is 1. The molecule has 2 aromatic carbocycles. The van der Waals surface area contributed by atoms with Crippen LogP contribution >= 0.6 is 22.9 Å². The highest BCUT2D eigenvalue weighted by molar-refractivity contribution is 7.18. The van der Waals surface area contributed by atoms with Crippen molar-refractivity contribution in [2.75, 3.05) is 31.1 Å². The predicted octanol–water partition coefficient (Wildman–Crippen LogP) is 5.22. The number of aromatic nitrogens is 2. The average Bonchev–Trinajstić information content (AvgIpc) is 3.33. The number of nitrogens with zero attached hydrogens (tertiary/aromatic N) is 3. The van der Waals surface area contributed by atoms with E-state index in [1.165, 1.54) is 11.3 Å². The van der Waals surface area contributed by atoms with Gasteiger partial charge in [0.25, 0.3) is 0 Å². The normalized spacial score (nSPS) is 11.9. The van der Waals surface area contributed by atoms with Crippen molar-refractivity contribution in [1.29, 1.82) is 0 Å². The molecule has 0 saturated heterocycles. The zero-order chi connectivity index (χ0) is 26.1. The quantitative estimate of drug-likeness (QED) is 0.192. The van der Waals surface area contributed by atoms with Gasteiger partial charge in [-0.05, 0) is 49.6 Å². The minimum absolute atomic E-state index is 0.0852. The highest BCUT2D eigenvalue weighted by Crippen LogP contribution is 2.37. The van der Waals surface area contributed by atoms with Crippen molar-refractivity contribution in [3.05, 3.63) is 58.1 Å². The molecule has 194 valence electrons. The predicted molar refractivity (Wildman–Crippen MR) is 144 cm³/mol. The monoisotopic (exact) mass is 532 g/mol. The molecule has 0 bridgehead atoms. The number of hydrogen-bond acceptors (Lipinski definition) is 8. The molecule has 1 unspecified atom stereocenters. The first kappa shape index (κ1) is 27.9. The van der Waals surface area contributed by atoms with Crippen molar-refractivity contribution < 1.29 is 19.7 Å². The van der Waals surface area contributed by atoms with Gasteiger partial charge in [0.05, 0.1) is 6.42 Å². The van der Waals surface area contributed by atoms with Crippen molar-refractivity contribution in [2.45, 2.75) is 46.3 Å². The number of aliphatic hydroxyl groups excluding tert-OH is 1. The van der Waals surface area contributed by atoms with Gasteiger partial charge in [0.1, 0.15) is 17.4 Å². The van der Waals surface area contributed by atoms with Crippen molar-refractivity contribution in [2.24, 2.45) is 0 Å². The molecule has 0 aliphatic rings. The van der Waals surface area contributed by atoms with Gasteiger partial charge in [0, 0.05) is 35.8 Å². The number of aliphatic hydroxyl groups is 1. The first-order chi connectivity index (χ1) is 17.3. The lowest BCUT2D eigenvalue weighted by Crippen LogP contribution is -2.29. The van der Waals surface area contributed by atoms with E-state index in [0.717, 1.165) is 40.3 Å². The third-order valence-corrected chi connectivity index (χ3v) is 6.99. The van der Waals surface area contributed by atoms with E-state index in [1.54, 1.807) is 6.07 Å². The number of rotatable bonds is 14. The maximum atomic E-state index is 11.1. The highest BCUT2D eigenvalue weighted by Gasteiger charge is 2.24. The summed E-state index contributed by atoms with van der Waals surface area (Å²) in [6.45, 7) is 8.12. The average molecular weight is 533 g/mol. The van der Waals surface area contributed by atoms with Gasteiger partial charge in [-0.3, -0.25) is 4.79 Å². The number of hydrogen-bond donors (Lipinski definition) is 3. The molecule has 3 rings (SSSR count). The molecule has 10 heteroatoms. The molecule has 0 saturated carbocycles. The molecule has 0 radical (unpaired) electrons. The van der Waals surface area contributed by atoms with Crippen molar-refractivity contribution in [1.82, 2.24) is 15.5 Å². The lowest BCUT2D eigenvalue weighted by Gasteiger charge is -2.27. The molecule has 0 aliphatic heterocycles. The summed E-state index contributed by atoms with van der Waals surface area (Å²) in [6.07, 6.45) is 1.04. The third-order valence-electron chi connectivity index (χ3n) is 5.64. The molecule has 0 aliphatic carbocycles. The molecule has 0 spiro atoms. The van der Waals surface area contributed by atoms with Crippen LogP contribution in [0, 0.1) is 13.8 Å². The summed E-state index contributed by atoms with van der Waals surface area (Å²) >= 11 is 7.78. The number of aliphatic carboxylic acids is 1. The van der Waals surface area contributed by atoms with Crippen molar-refractivity contribution in [3.63, 3.8) is 0 Å². The summed E-state index contributed by atoms with van der Waals surface area (Å²) in [5, 5.41) is 33.6. The fourth-order valence-electron chi connectivity index (χ4n) is 3.80. The molecule has 36 heavy (non-hydrogen) atoms. The Balaban J connectivity index is 1.74. The van der Waals surface area contributed by atoms with Gasteiger partial charge in [-0.25, -0.2) is 0 Å².